The topological polar surface area (TPSA) is 20.2 Å². The molecule has 0 heterocycles. The van der Waals surface area contributed by atoms with Crippen molar-refractivity contribution in [3.8, 4) is 0 Å². The molecule has 1 N–H and O–H groups in total. The van der Waals surface area contributed by atoms with Crippen LogP contribution in [0.2, 0.25) is 10.0 Å². The Hall–Kier alpha value is -1.09. The summed E-state index contributed by atoms with van der Waals surface area (Å²) in [7, 11) is 0. The molecule has 1 atom stereocenters. The first-order valence-electron chi connectivity index (χ1n) is 5.90. The van der Waals surface area contributed by atoms with Crippen LogP contribution in [0.25, 0.3) is 0 Å². The van der Waals surface area contributed by atoms with E-state index >= 15 is 0 Å². The smallest absolute Gasteiger partial charge is 0.124 e. The van der Waals surface area contributed by atoms with Gasteiger partial charge in [0.2, 0.25) is 0 Å². The largest absolute Gasteiger partial charge is 0.396 e. The van der Waals surface area contributed by atoms with E-state index in [0.29, 0.717) is 16.5 Å². The number of benzene rings is 2. The maximum Gasteiger partial charge on any atom is 0.124 e. The number of aliphatic hydroxyl groups excluding tert-OH is 1. The minimum absolute atomic E-state index is 0.0198. The molecule has 0 aromatic heterocycles. The van der Waals surface area contributed by atoms with Crippen LogP contribution in [0.5, 0.6) is 0 Å². The van der Waals surface area contributed by atoms with Gasteiger partial charge >= 0.3 is 0 Å². The predicted molar refractivity (Wildman–Crippen MR) is 76.4 cm³/mol. The van der Waals surface area contributed by atoms with Gasteiger partial charge in [0.05, 0.1) is 6.61 Å². The lowest BCUT2D eigenvalue weighted by Gasteiger charge is -2.16. The van der Waals surface area contributed by atoms with Crippen molar-refractivity contribution in [1.82, 2.24) is 0 Å². The number of hydrogen-bond donors (Lipinski definition) is 1. The molecular formula is C15H13Cl2FO. The average Bonchev–Trinajstić information content (AvgIpc) is 2.38. The Morgan fingerprint density at radius 1 is 1.11 bits per heavy atom. The van der Waals surface area contributed by atoms with Gasteiger partial charge in [-0.15, -0.1) is 0 Å². The molecule has 0 bridgehead atoms. The van der Waals surface area contributed by atoms with E-state index in [1.807, 2.05) is 18.2 Å². The van der Waals surface area contributed by atoms with Crippen molar-refractivity contribution in [1.29, 1.82) is 0 Å². The third-order valence-corrected chi connectivity index (χ3v) is 3.61. The van der Waals surface area contributed by atoms with Crippen LogP contribution in [0.15, 0.2) is 42.5 Å². The van der Waals surface area contributed by atoms with E-state index in [4.69, 9.17) is 23.2 Å². The van der Waals surface area contributed by atoms with Gasteiger partial charge in [0, 0.05) is 16.0 Å². The Balaban J connectivity index is 2.24. The van der Waals surface area contributed by atoms with Gasteiger partial charge in [0.25, 0.3) is 0 Å². The summed E-state index contributed by atoms with van der Waals surface area (Å²) in [6, 6.07) is 11.6. The molecule has 2 rings (SSSR count). The second-order valence-corrected chi connectivity index (χ2v) is 5.22. The van der Waals surface area contributed by atoms with Gasteiger partial charge in [-0.25, -0.2) is 4.39 Å². The van der Waals surface area contributed by atoms with Crippen molar-refractivity contribution in [2.24, 2.45) is 0 Å². The van der Waals surface area contributed by atoms with Crippen LogP contribution in [0.3, 0.4) is 0 Å². The fourth-order valence-corrected chi connectivity index (χ4v) is 2.44. The lowest BCUT2D eigenvalue weighted by molar-refractivity contribution is 0.264. The SMILES string of the molecule is OCC(Cc1ccc(F)cc1Cl)c1cccc(Cl)c1. The third kappa shape index (κ3) is 3.69. The van der Waals surface area contributed by atoms with Crippen LogP contribution in [0.4, 0.5) is 4.39 Å². The highest BCUT2D eigenvalue weighted by Gasteiger charge is 2.14. The van der Waals surface area contributed by atoms with Gasteiger partial charge < -0.3 is 5.11 Å². The lowest BCUT2D eigenvalue weighted by atomic mass is 9.93. The predicted octanol–water partition coefficient (Wildman–Crippen LogP) is 4.45. The standard InChI is InChI=1S/C15H13Cl2FO/c16-13-3-1-2-10(7-13)12(9-19)6-11-4-5-14(18)8-15(11)17/h1-5,7-8,12,19H,6,9H2. The first kappa shape index (κ1) is 14.3. The third-order valence-electron chi connectivity index (χ3n) is 3.02. The summed E-state index contributed by atoms with van der Waals surface area (Å²) >= 11 is 11.9. The van der Waals surface area contributed by atoms with Crippen molar-refractivity contribution in [3.05, 3.63) is 69.5 Å². The van der Waals surface area contributed by atoms with Gasteiger partial charge in [-0.2, -0.15) is 0 Å². The van der Waals surface area contributed by atoms with Crippen LogP contribution < -0.4 is 0 Å². The highest BCUT2D eigenvalue weighted by Crippen LogP contribution is 2.27. The molecule has 0 aliphatic carbocycles. The molecule has 1 nitrogen and oxygen atoms in total. The second-order valence-electron chi connectivity index (χ2n) is 4.37. The Kier molecular flexibility index (Phi) is 4.81. The van der Waals surface area contributed by atoms with E-state index in [2.05, 4.69) is 0 Å². The molecule has 2 aromatic carbocycles. The molecular weight excluding hydrogens is 286 g/mol. The minimum atomic E-state index is -0.364. The first-order valence-corrected chi connectivity index (χ1v) is 6.66. The van der Waals surface area contributed by atoms with E-state index in [1.54, 1.807) is 12.1 Å². The highest BCUT2D eigenvalue weighted by molar-refractivity contribution is 6.31. The maximum absolute atomic E-state index is 13.0. The average molecular weight is 299 g/mol. The summed E-state index contributed by atoms with van der Waals surface area (Å²) < 4.78 is 13.0. The molecule has 0 saturated heterocycles. The second kappa shape index (κ2) is 6.38. The summed E-state index contributed by atoms with van der Waals surface area (Å²) in [5.41, 5.74) is 1.75. The van der Waals surface area contributed by atoms with Crippen molar-refractivity contribution in [2.45, 2.75) is 12.3 Å². The zero-order valence-corrected chi connectivity index (χ0v) is 11.6. The zero-order chi connectivity index (χ0) is 13.8. The maximum atomic E-state index is 13.0. The molecule has 2 aromatic rings. The van der Waals surface area contributed by atoms with Crippen LogP contribution in [0.1, 0.15) is 17.0 Å². The van der Waals surface area contributed by atoms with Crippen LogP contribution in [-0.4, -0.2) is 11.7 Å². The Morgan fingerprint density at radius 2 is 1.89 bits per heavy atom. The Morgan fingerprint density at radius 3 is 2.53 bits per heavy atom. The van der Waals surface area contributed by atoms with E-state index in [9.17, 15) is 9.50 Å². The van der Waals surface area contributed by atoms with Crippen molar-refractivity contribution < 1.29 is 9.50 Å². The zero-order valence-electron chi connectivity index (χ0n) is 10.1. The first-order chi connectivity index (χ1) is 9.10. The molecule has 0 aliphatic heterocycles. The fourth-order valence-electron chi connectivity index (χ4n) is 2.00. The van der Waals surface area contributed by atoms with Gasteiger partial charge in [0.15, 0.2) is 0 Å². The summed E-state index contributed by atoms with van der Waals surface area (Å²) in [6.45, 7) is -0.0198. The molecule has 0 radical (unpaired) electrons. The lowest BCUT2D eigenvalue weighted by Crippen LogP contribution is -2.08. The Bertz CT molecular complexity index is 572. The number of halogens is 3. The number of hydrogen-bond acceptors (Lipinski definition) is 1. The quantitative estimate of drug-likeness (QED) is 0.884. The van der Waals surface area contributed by atoms with E-state index < -0.39 is 0 Å². The molecule has 1 unspecified atom stereocenters. The molecule has 0 fully saturated rings. The molecule has 0 saturated carbocycles. The number of rotatable bonds is 4. The molecule has 4 heteroatoms. The summed E-state index contributed by atoms with van der Waals surface area (Å²) in [5.74, 6) is -0.473. The normalized spacial score (nSPS) is 12.4. The minimum Gasteiger partial charge on any atom is -0.396 e. The molecule has 0 amide bonds. The molecule has 0 aliphatic rings. The molecule has 0 spiro atoms. The van der Waals surface area contributed by atoms with Crippen LogP contribution in [-0.2, 0) is 6.42 Å². The van der Waals surface area contributed by atoms with Crippen molar-refractivity contribution in [3.63, 3.8) is 0 Å². The highest BCUT2D eigenvalue weighted by atomic mass is 35.5. The van der Waals surface area contributed by atoms with E-state index in [-0.39, 0.29) is 18.3 Å². The summed E-state index contributed by atoms with van der Waals surface area (Å²) in [5, 5.41) is 10.5. The summed E-state index contributed by atoms with van der Waals surface area (Å²) in [6.07, 6.45) is 0.538. The van der Waals surface area contributed by atoms with Crippen molar-refractivity contribution >= 4 is 23.2 Å². The monoisotopic (exact) mass is 298 g/mol. The van der Waals surface area contributed by atoms with Crippen molar-refractivity contribution in [2.75, 3.05) is 6.61 Å². The van der Waals surface area contributed by atoms with Crippen LogP contribution >= 0.6 is 23.2 Å². The van der Waals surface area contributed by atoms with Gasteiger partial charge in [-0.05, 0) is 41.8 Å². The van der Waals surface area contributed by atoms with Gasteiger partial charge in [-0.3, -0.25) is 0 Å². The fraction of sp³-hybridized carbons (Fsp3) is 0.200. The molecule has 19 heavy (non-hydrogen) atoms. The van der Waals surface area contributed by atoms with Gasteiger partial charge in [0.1, 0.15) is 5.82 Å². The summed E-state index contributed by atoms with van der Waals surface area (Å²) in [4.78, 5) is 0. The van der Waals surface area contributed by atoms with Crippen LogP contribution in [0, 0.1) is 5.82 Å². The number of aliphatic hydroxyl groups is 1. The van der Waals surface area contributed by atoms with E-state index in [0.717, 1.165) is 11.1 Å². The van der Waals surface area contributed by atoms with Gasteiger partial charge in [-0.1, -0.05) is 41.4 Å². The molecule has 100 valence electrons. The Labute approximate surface area is 121 Å². The van der Waals surface area contributed by atoms with E-state index in [1.165, 1.54) is 12.1 Å².